The highest BCUT2D eigenvalue weighted by molar-refractivity contribution is 14.0. The van der Waals surface area contributed by atoms with Crippen LogP contribution in [-0.4, -0.2) is 42.0 Å². The van der Waals surface area contributed by atoms with Crippen molar-refractivity contribution in [2.45, 2.75) is 32.4 Å². The molecule has 2 N–H and O–H groups in total. The Morgan fingerprint density at radius 1 is 1.13 bits per heavy atom. The molecule has 2 aromatic rings. The number of halogens is 1. The Hall–Kier alpha value is -2.20. The normalized spacial score (nSPS) is 15.3. The van der Waals surface area contributed by atoms with E-state index in [2.05, 4.69) is 44.8 Å². The fourth-order valence-corrected chi connectivity index (χ4v) is 3.66. The van der Waals surface area contributed by atoms with Gasteiger partial charge in [0.25, 0.3) is 5.69 Å². The van der Waals surface area contributed by atoms with Crippen molar-refractivity contribution in [2.24, 2.45) is 4.99 Å². The van der Waals surface area contributed by atoms with Gasteiger partial charge < -0.3 is 10.6 Å². The first-order valence-corrected chi connectivity index (χ1v) is 10.2. The fraction of sp³-hybridized carbons (Fsp3) is 0.409. The second kappa shape index (κ2) is 12.5. The summed E-state index contributed by atoms with van der Waals surface area (Å²) in [5.41, 5.74) is 2.21. The molecule has 3 rings (SSSR count). The monoisotopic (exact) mass is 523 g/mol. The van der Waals surface area contributed by atoms with E-state index in [9.17, 15) is 10.1 Å². The molecule has 0 radical (unpaired) electrons. The number of nitro benzene ring substituents is 1. The molecule has 1 atom stereocenters. The Balaban J connectivity index is 0.00000320. The third-order valence-electron chi connectivity index (χ3n) is 5.11. The summed E-state index contributed by atoms with van der Waals surface area (Å²) in [5, 5.41) is 17.7. The van der Waals surface area contributed by atoms with Crippen molar-refractivity contribution in [3.63, 3.8) is 0 Å². The zero-order valence-corrected chi connectivity index (χ0v) is 19.6. The van der Waals surface area contributed by atoms with Crippen LogP contribution in [0.4, 0.5) is 5.69 Å². The summed E-state index contributed by atoms with van der Waals surface area (Å²) in [7, 11) is 0. The Labute approximate surface area is 195 Å². The minimum Gasteiger partial charge on any atom is -0.357 e. The van der Waals surface area contributed by atoms with E-state index in [4.69, 9.17) is 0 Å². The molecule has 1 unspecified atom stereocenters. The summed E-state index contributed by atoms with van der Waals surface area (Å²) >= 11 is 0. The number of non-ortho nitro benzene ring substituents is 1. The van der Waals surface area contributed by atoms with Crippen molar-refractivity contribution in [3.8, 4) is 0 Å². The average Bonchev–Trinajstić information content (AvgIpc) is 3.27. The maximum absolute atomic E-state index is 11.0. The molecule has 1 aliphatic rings. The standard InChI is InChI=1S/C22H29N5O2.HI/c1-2-23-22(24-16-18-9-8-12-20(15-18)27(28)29)25-17-21(26-13-6-7-14-26)19-10-4-3-5-11-19;/h3-5,8-12,15,21H,2,6-7,13-14,16-17H2,1H3,(H2,23,24,25);1H. The van der Waals surface area contributed by atoms with Crippen LogP contribution in [0.1, 0.15) is 36.9 Å². The van der Waals surface area contributed by atoms with Gasteiger partial charge in [-0.2, -0.15) is 0 Å². The number of nitrogens with one attached hydrogen (secondary N) is 2. The predicted octanol–water partition coefficient (Wildman–Crippen LogP) is 4.11. The number of hydrogen-bond acceptors (Lipinski definition) is 4. The van der Waals surface area contributed by atoms with Crippen LogP contribution >= 0.6 is 24.0 Å². The summed E-state index contributed by atoms with van der Waals surface area (Å²) in [6.07, 6.45) is 2.48. The first-order valence-electron chi connectivity index (χ1n) is 10.2. The van der Waals surface area contributed by atoms with Crippen LogP contribution in [0.2, 0.25) is 0 Å². The third kappa shape index (κ3) is 6.94. The molecule has 1 heterocycles. The van der Waals surface area contributed by atoms with Crippen LogP contribution in [-0.2, 0) is 6.54 Å². The minimum atomic E-state index is -0.378. The van der Waals surface area contributed by atoms with Gasteiger partial charge >= 0.3 is 0 Å². The molecule has 8 heteroatoms. The van der Waals surface area contributed by atoms with Gasteiger partial charge in [0, 0.05) is 25.2 Å². The Morgan fingerprint density at radius 3 is 2.53 bits per heavy atom. The second-order valence-corrected chi connectivity index (χ2v) is 7.17. The molecule has 0 amide bonds. The average molecular weight is 523 g/mol. The van der Waals surface area contributed by atoms with E-state index >= 15 is 0 Å². The van der Waals surface area contributed by atoms with Gasteiger partial charge in [0.1, 0.15) is 0 Å². The minimum absolute atomic E-state index is 0. The van der Waals surface area contributed by atoms with Crippen molar-refractivity contribution in [1.82, 2.24) is 15.5 Å². The molecule has 0 saturated carbocycles. The van der Waals surface area contributed by atoms with Crippen LogP contribution in [0, 0.1) is 10.1 Å². The smallest absolute Gasteiger partial charge is 0.269 e. The lowest BCUT2D eigenvalue weighted by atomic mass is 10.1. The topological polar surface area (TPSA) is 82.8 Å². The molecule has 30 heavy (non-hydrogen) atoms. The molecule has 162 valence electrons. The number of nitro groups is 1. The molecule has 0 bridgehead atoms. The molecule has 7 nitrogen and oxygen atoms in total. The van der Waals surface area contributed by atoms with E-state index in [0.29, 0.717) is 12.6 Å². The SMILES string of the molecule is CCNC(=NCc1cccc([N+](=O)[O-])c1)NCC(c1ccccc1)N1CCCC1.I. The number of benzene rings is 2. The van der Waals surface area contributed by atoms with Gasteiger partial charge in [-0.05, 0) is 44.0 Å². The zero-order chi connectivity index (χ0) is 20.5. The number of rotatable bonds is 8. The van der Waals surface area contributed by atoms with Gasteiger partial charge in [-0.25, -0.2) is 4.99 Å². The van der Waals surface area contributed by atoms with E-state index < -0.39 is 0 Å². The highest BCUT2D eigenvalue weighted by Gasteiger charge is 2.23. The first-order chi connectivity index (χ1) is 14.2. The summed E-state index contributed by atoms with van der Waals surface area (Å²) in [6.45, 7) is 6.15. The lowest BCUT2D eigenvalue weighted by molar-refractivity contribution is -0.384. The number of aliphatic imine (C=N–C) groups is 1. The first kappa shape index (κ1) is 24.1. The molecule has 2 aromatic carbocycles. The van der Waals surface area contributed by atoms with E-state index in [0.717, 1.165) is 37.7 Å². The van der Waals surface area contributed by atoms with Crippen molar-refractivity contribution in [2.75, 3.05) is 26.2 Å². The van der Waals surface area contributed by atoms with Crippen LogP contribution in [0.3, 0.4) is 0 Å². The van der Waals surface area contributed by atoms with Gasteiger partial charge in [0.15, 0.2) is 5.96 Å². The summed E-state index contributed by atoms with van der Waals surface area (Å²) in [4.78, 5) is 17.7. The molecular weight excluding hydrogens is 493 g/mol. The van der Waals surface area contributed by atoms with Crippen molar-refractivity contribution < 1.29 is 4.92 Å². The van der Waals surface area contributed by atoms with Gasteiger partial charge in [0.2, 0.25) is 0 Å². The quantitative estimate of drug-likeness (QED) is 0.179. The molecule has 0 spiro atoms. The molecule has 1 saturated heterocycles. The Kier molecular flexibility index (Phi) is 10.0. The number of nitrogens with zero attached hydrogens (tertiary/aromatic N) is 3. The van der Waals surface area contributed by atoms with Crippen LogP contribution in [0.5, 0.6) is 0 Å². The van der Waals surface area contributed by atoms with E-state index in [-0.39, 0.29) is 34.6 Å². The van der Waals surface area contributed by atoms with Gasteiger partial charge in [-0.1, -0.05) is 42.5 Å². The van der Waals surface area contributed by atoms with Gasteiger partial charge in [-0.3, -0.25) is 15.0 Å². The number of guanidine groups is 1. The summed E-state index contributed by atoms with van der Waals surface area (Å²) < 4.78 is 0. The highest BCUT2D eigenvalue weighted by Crippen LogP contribution is 2.24. The maximum Gasteiger partial charge on any atom is 0.269 e. The largest absolute Gasteiger partial charge is 0.357 e. The van der Waals surface area contributed by atoms with Crippen molar-refractivity contribution in [1.29, 1.82) is 0 Å². The third-order valence-corrected chi connectivity index (χ3v) is 5.11. The van der Waals surface area contributed by atoms with Crippen molar-refractivity contribution in [3.05, 3.63) is 75.8 Å². The summed E-state index contributed by atoms with van der Waals surface area (Å²) in [6, 6.07) is 17.5. The van der Waals surface area contributed by atoms with Crippen LogP contribution in [0.25, 0.3) is 0 Å². The zero-order valence-electron chi connectivity index (χ0n) is 17.3. The van der Waals surface area contributed by atoms with E-state index in [1.165, 1.54) is 24.5 Å². The van der Waals surface area contributed by atoms with Gasteiger partial charge in [-0.15, -0.1) is 24.0 Å². The van der Waals surface area contributed by atoms with E-state index in [1.807, 2.05) is 19.1 Å². The lowest BCUT2D eigenvalue weighted by Gasteiger charge is -2.29. The Morgan fingerprint density at radius 2 is 1.87 bits per heavy atom. The molecule has 0 aliphatic carbocycles. The van der Waals surface area contributed by atoms with Gasteiger partial charge in [0.05, 0.1) is 17.5 Å². The second-order valence-electron chi connectivity index (χ2n) is 7.17. The maximum atomic E-state index is 11.0. The number of likely N-dealkylation sites (tertiary alicyclic amines) is 1. The Bertz CT molecular complexity index is 825. The predicted molar refractivity (Wildman–Crippen MR) is 131 cm³/mol. The lowest BCUT2D eigenvalue weighted by Crippen LogP contribution is -2.42. The van der Waals surface area contributed by atoms with Crippen LogP contribution < -0.4 is 10.6 Å². The van der Waals surface area contributed by atoms with Crippen LogP contribution in [0.15, 0.2) is 59.6 Å². The fourth-order valence-electron chi connectivity index (χ4n) is 3.66. The number of hydrogen-bond donors (Lipinski definition) is 2. The molecule has 1 fully saturated rings. The molecule has 1 aliphatic heterocycles. The van der Waals surface area contributed by atoms with Crippen molar-refractivity contribution >= 4 is 35.6 Å². The summed E-state index contributed by atoms with van der Waals surface area (Å²) in [5.74, 6) is 0.721. The molecule has 0 aromatic heterocycles. The molecular formula is C22H30IN5O2. The van der Waals surface area contributed by atoms with E-state index in [1.54, 1.807) is 12.1 Å². The highest BCUT2D eigenvalue weighted by atomic mass is 127.